The summed E-state index contributed by atoms with van der Waals surface area (Å²) in [4.78, 5) is 2.47. The Balaban J connectivity index is 1.97. The van der Waals surface area contributed by atoms with Crippen LogP contribution in [0, 0.1) is 12.8 Å². The molecule has 1 saturated heterocycles. The number of hydrogen-bond donors (Lipinski definition) is 1. The molecule has 24 heavy (non-hydrogen) atoms. The summed E-state index contributed by atoms with van der Waals surface area (Å²) in [6.45, 7) is 9.08. The van der Waals surface area contributed by atoms with Gasteiger partial charge in [-0.1, -0.05) is 44.5 Å². The van der Waals surface area contributed by atoms with Crippen LogP contribution in [0.25, 0.3) is 0 Å². The van der Waals surface area contributed by atoms with Crippen molar-refractivity contribution >= 4 is 10.0 Å². The third-order valence-electron chi connectivity index (χ3n) is 4.80. The van der Waals surface area contributed by atoms with Crippen LogP contribution in [0.3, 0.4) is 0 Å². The Morgan fingerprint density at radius 3 is 2.42 bits per heavy atom. The van der Waals surface area contributed by atoms with E-state index in [1.165, 1.54) is 19.3 Å². The highest BCUT2D eigenvalue weighted by Crippen LogP contribution is 2.18. The van der Waals surface area contributed by atoms with Crippen molar-refractivity contribution in [2.24, 2.45) is 5.92 Å². The summed E-state index contributed by atoms with van der Waals surface area (Å²) in [5.41, 5.74) is 1.90. The normalized spacial score (nSPS) is 18.0. The summed E-state index contributed by atoms with van der Waals surface area (Å²) in [5, 5.41) is 0. The molecule has 1 heterocycles. The van der Waals surface area contributed by atoms with Gasteiger partial charge in [-0.05, 0) is 56.3 Å². The Labute approximate surface area is 147 Å². The van der Waals surface area contributed by atoms with Crippen molar-refractivity contribution in [3.8, 4) is 0 Å². The van der Waals surface area contributed by atoms with E-state index in [2.05, 4.69) is 23.5 Å². The summed E-state index contributed by atoms with van der Waals surface area (Å²) in [5.74, 6) is 0.631. The zero-order chi connectivity index (χ0) is 17.6. The molecule has 0 aliphatic carbocycles. The molecule has 1 unspecified atom stereocenters. The minimum atomic E-state index is -3.30. The molecule has 1 aromatic rings. The van der Waals surface area contributed by atoms with Gasteiger partial charge in [0.25, 0.3) is 0 Å². The van der Waals surface area contributed by atoms with Crippen molar-refractivity contribution in [3.63, 3.8) is 0 Å². The molecule has 0 amide bonds. The van der Waals surface area contributed by atoms with Crippen molar-refractivity contribution in [2.45, 2.75) is 58.2 Å². The van der Waals surface area contributed by atoms with Crippen LogP contribution in [0.5, 0.6) is 0 Å². The SMILES string of the molecule is Cc1ccccc1CS(=O)(=O)NCC(CC(C)C)N1CCCCC1. The van der Waals surface area contributed by atoms with Gasteiger partial charge in [-0.3, -0.25) is 4.90 Å². The first-order valence-corrected chi connectivity index (χ1v) is 10.8. The molecule has 4 nitrogen and oxygen atoms in total. The Morgan fingerprint density at radius 1 is 1.12 bits per heavy atom. The van der Waals surface area contributed by atoms with E-state index >= 15 is 0 Å². The van der Waals surface area contributed by atoms with Gasteiger partial charge in [0.15, 0.2) is 0 Å². The minimum absolute atomic E-state index is 0.0636. The van der Waals surface area contributed by atoms with Crippen molar-refractivity contribution in [1.29, 1.82) is 0 Å². The van der Waals surface area contributed by atoms with Crippen molar-refractivity contribution < 1.29 is 8.42 Å². The number of rotatable bonds is 8. The molecular formula is C19H32N2O2S. The van der Waals surface area contributed by atoms with E-state index in [9.17, 15) is 8.42 Å². The lowest BCUT2D eigenvalue weighted by Crippen LogP contribution is -2.46. The van der Waals surface area contributed by atoms with Gasteiger partial charge in [0.2, 0.25) is 10.0 Å². The maximum atomic E-state index is 12.5. The van der Waals surface area contributed by atoms with E-state index in [0.717, 1.165) is 30.6 Å². The Morgan fingerprint density at radius 2 is 1.79 bits per heavy atom. The monoisotopic (exact) mass is 352 g/mol. The molecule has 0 spiro atoms. The van der Waals surface area contributed by atoms with Crippen molar-refractivity contribution in [2.75, 3.05) is 19.6 Å². The smallest absolute Gasteiger partial charge is 0.215 e. The largest absolute Gasteiger partial charge is 0.299 e. The van der Waals surface area contributed by atoms with E-state index in [4.69, 9.17) is 0 Å². The number of nitrogens with one attached hydrogen (secondary N) is 1. The highest BCUT2D eigenvalue weighted by Gasteiger charge is 2.23. The highest BCUT2D eigenvalue weighted by atomic mass is 32.2. The lowest BCUT2D eigenvalue weighted by Gasteiger charge is -2.35. The fourth-order valence-electron chi connectivity index (χ4n) is 3.44. The number of piperidine rings is 1. The Kier molecular flexibility index (Phi) is 7.26. The molecule has 1 fully saturated rings. The quantitative estimate of drug-likeness (QED) is 0.781. The lowest BCUT2D eigenvalue weighted by atomic mass is 10.00. The molecule has 0 aromatic heterocycles. The third-order valence-corrected chi connectivity index (χ3v) is 6.09. The first kappa shape index (κ1) is 19.4. The summed E-state index contributed by atoms with van der Waals surface area (Å²) in [7, 11) is -3.30. The van der Waals surface area contributed by atoms with Crippen LogP contribution < -0.4 is 4.72 Å². The van der Waals surface area contributed by atoms with Crippen LogP contribution in [-0.2, 0) is 15.8 Å². The molecule has 5 heteroatoms. The van der Waals surface area contributed by atoms with E-state index in [1.807, 2.05) is 31.2 Å². The van der Waals surface area contributed by atoms with Crippen LogP contribution >= 0.6 is 0 Å². The van der Waals surface area contributed by atoms with Gasteiger partial charge < -0.3 is 0 Å². The molecule has 1 aromatic carbocycles. The molecule has 2 rings (SSSR count). The van der Waals surface area contributed by atoms with Gasteiger partial charge in [0.05, 0.1) is 5.75 Å². The Hall–Kier alpha value is -0.910. The zero-order valence-electron chi connectivity index (χ0n) is 15.3. The van der Waals surface area contributed by atoms with E-state index < -0.39 is 10.0 Å². The number of sulfonamides is 1. The highest BCUT2D eigenvalue weighted by molar-refractivity contribution is 7.88. The zero-order valence-corrected chi connectivity index (χ0v) is 16.1. The summed E-state index contributed by atoms with van der Waals surface area (Å²) in [6.07, 6.45) is 4.78. The van der Waals surface area contributed by atoms with Crippen LogP contribution in [-0.4, -0.2) is 39.0 Å². The Bertz CT molecular complexity index is 608. The van der Waals surface area contributed by atoms with Crippen molar-refractivity contribution in [3.05, 3.63) is 35.4 Å². The summed E-state index contributed by atoms with van der Waals surface area (Å²) >= 11 is 0. The summed E-state index contributed by atoms with van der Waals surface area (Å²) in [6, 6.07) is 7.99. The molecule has 1 aliphatic rings. The first-order chi connectivity index (χ1) is 11.4. The maximum Gasteiger partial charge on any atom is 0.215 e. The van der Waals surface area contributed by atoms with Gasteiger partial charge >= 0.3 is 0 Å². The van der Waals surface area contributed by atoms with Gasteiger partial charge in [0.1, 0.15) is 0 Å². The van der Waals surface area contributed by atoms with E-state index in [1.54, 1.807) is 0 Å². The predicted octanol–water partition coefficient (Wildman–Crippen LogP) is 3.32. The van der Waals surface area contributed by atoms with Gasteiger partial charge in [-0.15, -0.1) is 0 Å². The average Bonchev–Trinajstić information content (AvgIpc) is 2.54. The predicted molar refractivity (Wildman–Crippen MR) is 100 cm³/mol. The number of benzene rings is 1. The fraction of sp³-hybridized carbons (Fsp3) is 0.684. The topological polar surface area (TPSA) is 49.4 Å². The fourth-order valence-corrected chi connectivity index (χ4v) is 4.72. The second-order valence-corrected chi connectivity index (χ2v) is 9.22. The molecule has 136 valence electrons. The van der Waals surface area contributed by atoms with E-state index in [0.29, 0.717) is 18.5 Å². The molecule has 0 bridgehead atoms. The molecule has 0 radical (unpaired) electrons. The average molecular weight is 353 g/mol. The number of aryl methyl sites for hydroxylation is 1. The molecule has 0 saturated carbocycles. The van der Waals surface area contributed by atoms with Gasteiger partial charge in [-0.2, -0.15) is 0 Å². The first-order valence-electron chi connectivity index (χ1n) is 9.13. The standard InChI is InChI=1S/C19H32N2O2S/c1-16(2)13-19(21-11-7-4-8-12-21)14-20-24(22,23)15-18-10-6-5-9-17(18)3/h5-6,9-10,16,19-20H,4,7-8,11-15H2,1-3H3. The molecule has 1 aliphatic heterocycles. The minimum Gasteiger partial charge on any atom is -0.299 e. The molecule has 1 atom stereocenters. The number of likely N-dealkylation sites (tertiary alicyclic amines) is 1. The molecule has 1 N–H and O–H groups in total. The summed E-state index contributed by atoms with van der Waals surface area (Å²) < 4.78 is 27.9. The van der Waals surface area contributed by atoms with Crippen LogP contribution in [0.15, 0.2) is 24.3 Å². The maximum absolute atomic E-state index is 12.5. The van der Waals surface area contributed by atoms with Gasteiger partial charge in [-0.25, -0.2) is 13.1 Å². The van der Waals surface area contributed by atoms with Crippen molar-refractivity contribution in [1.82, 2.24) is 9.62 Å². The van der Waals surface area contributed by atoms with E-state index in [-0.39, 0.29) is 5.75 Å². The number of nitrogens with zero attached hydrogens (tertiary/aromatic N) is 1. The second kappa shape index (κ2) is 8.97. The van der Waals surface area contributed by atoms with Crippen LogP contribution in [0.4, 0.5) is 0 Å². The van der Waals surface area contributed by atoms with Crippen LogP contribution in [0.1, 0.15) is 50.7 Å². The lowest BCUT2D eigenvalue weighted by molar-refractivity contribution is 0.146. The third kappa shape index (κ3) is 6.19. The van der Waals surface area contributed by atoms with Crippen LogP contribution in [0.2, 0.25) is 0 Å². The molecular weight excluding hydrogens is 320 g/mol. The number of hydrogen-bond acceptors (Lipinski definition) is 3. The van der Waals surface area contributed by atoms with Gasteiger partial charge in [0, 0.05) is 12.6 Å². The second-order valence-electron chi connectivity index (χ2n) is 7.41.